The molecule has 27 heavy (non-hydrogen) atoms. The van der Waals surface area contributed by atoms with Crippen molar-refractivity contribution < 1.29 is 4.79 Å². The molecule has 5 heteroatoms. The largest absolute Gasteiger partial charge is 0.348 e. The van der Waals surface area contributed by atoms with E-state index in [-0.39, 0.29) is 11.9 Å². The fourth-order valence-electron chi connectivity index (χ4n) is 4.35. The molecule has 2 aliphatic heterocycles. The van der Waals surface area contributed by atoms with Crippen LogP contribution in [0.3, 0.4) is 0 Å². The summed E-state index contributed by atoms with van der Waals surface area (Å²) in [6.07, 6.45) is 3.14. The Morgan fingerprint density at radius 3 is 2.81 bits per heavy atom. The zero-order chi connectivity index (χ0) is 18.2. The summed E-state index contributed by atoms with van der Waals surface area (Å²) in [7, 11) is 0. The Morgan fingerprint density at radius 2 is 1.93 bits per heavy atom. The third-order valence-electron chi connectivity index (χ3n) is 5.75. The average Bonchev–Trinajstić information content (AvgIpc) is 3.37. The molecule has 2 aromatic heterocycles. The van der Waals surface area contributed by atoms with Gasteiger partial charge in [0.05, 0.1) is 12.6 Å². The Morgan fingerprint density at radius 1 is 1.04 bits per heavy atom. The van der Waals surface area contributed by atoms with Crippen LogP contribution in [0.15, 0.2) is 60.1 Å². The van der Waals surface area contributed by atoms with Crippen molar-refractivity contribution in [2.45, 2.75) is 25.6 Å². The third kappa shape index (κ3) is 3.11. The molecule has 0 fully saturated rings. The third-order valence-corrected chi connectivity index (χ3v) is 6.78. The lowest BCUT2D eigenvalue weighted by atomic mass is 10.00. The summed E-state index contributed by atoms with van der Waals surface area (Å²) < 4.78 is 2.32. The van der Waals surface area contributed by atoms with Gasteiger partial charge in [0.1, 0.15) is 0 Å². The van der Waals surface area contributed by atoms with Gasteiger partial charge in [-0.2, -0.15) is 0 Å². The van der Waals surface area contributed by atoms with Gasteiger partial charge < -0.3 is 9.47 Å². The molecule has 0 radical (unpaired) electrons. The van der Waals surface area contributed by atoms with Gasteiger partial charge in [0.25, 0.3) is 0 Å². The fourth-order valence-corrected chi connectivity index (χ4v) is 5.24. The Kier molecular flexibility index (Phi) is 4.34. The molecule has 138 valence electrons. The van der Waals surface area contributed by atoms with E-state index >= 15 is 0 Å². The molecule has 3 aromatic rings. The summed E-state index contributed by atoms with van der Waals surface area (Å²) in [6.45, 7) is 3.91. The van der Waals surface area contributed by atoms with Crippen molar-refractivity contribution in [3.05, 3.63) is 81.8 Å². The maximum Gasteiger partial charge on any atom is 0.237 e. The SMILES string of the molecule is O=C(CN1CCn2cccc2[C@H]1c1ccccc1)N1CCc2sccc2C1. The molecule has 5 rings (SSSR count). The van der Waals surface area contributed by atoms with E-state index in [0.717, 1.165) is 32.6 Å². The van der Waals surface area contributed by atoms with E-state index in [0.29, 0.717) is 6.54 Å². The minimum absolute atomic E-state index is 0.139. The van der Waals surface area contributed by atoms with Crippen molar-refractivity contribution in [1.82, 2.24) is 14.4 Å². The number of nitrogens with zero attached hydrogens (tertiary/aromatic N) is 3. The molecule has 1 atom stereocenters. The molecule has 0 saturated heterocycles. The number of benzene rings is 1. The number of fused-ring (bicyclic) bond motifs is 2. The van der Waals surface area contributed by atoms with E-state index in [1.54, 1.807) is 0 Å². The van der Waals surface area contributed by atoms with Gasteiger partial charge in [-0.25, -0.2) is 0 Å². The van der Waals surface area contributed by atoms with E-state index in [4.69, 9.17) is 0 Å². The molecule has 1 amide bonds. The molecular weight excluding hydrogens is 354 g/mol. The first-order chi connectivity index (χ1) is 13.3. The van der Waals surface area contributed by atoms with Gasteiger partial charge in [-0.3, -0.25) is 9.69 Å². The highest BCUT2D eigenvalue weighted by atomic mass is 32.1. The first-order valence-corrected chi connectivity index (χ1v) is 10.4. The standard InChI is InChI=1S/C22H23N3OS/c26-21(24-11-8-20-18(15-24)9-14-27-20)16-25-13-12-23-10-4-7-19(23)22(25)17-5-2-1-3-6-17/h1-7,9-10,14,22H,8,11-13,15-16H2/t22-/m1/s1. The maximum atomic E-state index is 13.1. The zero-order valence-corrected chi connectivity index (χ0v) is 16.1. The van der Waals surface area contributed by atoms with Crippen molar-refractivity contribution in [3.63, 3.8) is 0 Å². The van der Waals surface area contributed by atoms with Crippen LogP contribution < -0.4 is 0 Å². The Hall–Kier alpha value is -2.37. The van der Waals surface area contributed by atoms with Gasteiger partial charge in [-0.1, -0.05) is 30.3 Å². The predicted molar refractivity (Wildman–Crippen MR) is 108 cm³/mol. The summed E-state index contributed by atoms with van der Waals surface area (Å²) in [5.74, 6) is 0.243. The topological polar surface area (TPSA) is 28.5 Å². The van der Waals surface area contributed by atoms with E-state index in [1.807, 2.05) is 22.3 Å². The highest BCUT2D eigenvalue weighted by Crippen LogP contribution is 2.32. The normalized spacial score (nSPS) is 19.6. The van der Waals surface area contributed by atoms with E-state index in [1.165, 1.54) is 21.7 Å². The molecule has 0 N–H and O–H groups in total. The van der Waals surface area contributed by atoms with Crippen LogP contribution in [-0.2, 0) is 24.3 Å². The Labute approximate surface area is 163 Å². The first-order valence-electron chi connectivity index (χ1n) is 9.56. The number of aromatic nitrogens is 1. The molecular formula is C22H23N3OS. The smallest absolute Gasteiger partial charge is 0.237 e. The lowest BCUT2D eigenvalue weighted by molar-refractivity contribution is -0.134. The second kappa shape index (κ2) is 6.98. The number of amides is 1. The highest BCUT2D eigenvalue weighted by Gasteiger charge is 2.31. The Bertz CT molecular complexity index is 945. The monoisotopic (exact) mass is 377 g/mol. The Balaban J connectivity index is 1.38. The van der Waals surface area contributed by atoms with Gasteiger partial charge >= 0.3 is 0 Å². The van der Waals surface area contributed by atoms with Crippen molar-refractivity contribution in [1.29, 1.82) is 0 Å². The van der Waals surface area contributed by atoms with Crippen LogP contribution in [0.4, 0.5) is 0 Å². The molecule has 0 bridgehead atoms. The average molecular weight is 378 g/mol. The summed E-state index contributed by atoms with van der Waals surface area (Å²) in [6, 6.07) is 17.2. The number of rotatable bonds is 3. The number of carbonyl (C=O) groups is 1. The number of carbonyl (C=O) groups excluding carboxylic acids is 1. The number of thiophene rings is 1. The summed E-state index contributed by atoms with van der Waals surface area (Å²) in [4.78, 5) is 18.9. The summed E-state index contributed by atoms with van der Waals surface area (Å²) in [5, 5.41) is 2.14. The van der Waals surface area contributed by atoms with E-state index in [2.05, 4.69) is 63.5 Å². The molecule has 4 heterocycles. The minimum atomic E-state index is 0.139. The van der Waals surface area contributed by atoms with Crippen molar-refractivity contribution in [2.24, 2.45) is 0 Å². The lowest BCUT2D eigenvalue weighted by Crippen LogP contribution is -2.46. The van der Waals surface area contributed by atoms with Gasteiger partial charge in [-0.05, 0) is 41.1 Å². The molecule has 1 aromatic carbocycles. The lowest BCUT2D eigenvalue weighted by Gasteiger charge is -2.38. The van der Waals surface area contributed by atoms with Gasteiger partial charge in [-0.15, -0.1) is 11.3 Å². The second-order valence-corrected chi connectivity index (χ2v) is 8.35. The number of hydrogen-bond donors (Lipinski definition) is 0. The molecule has 4 nitrogen and oxygen atoms in total. The van der Waals surface area contributed by atoms with E-state index < -0.39 is 0 Å². The van der Waals surface area contributed by atoms with Crippen molar-refractivity contribution in [2.75, 3.05) is 19.6 Å². The van der Waals surface area contributed by atoms with E-state index in [9.17, 15) is 4.79 Å². The summed E-state index contributed by atoms with van der Waals surface area (Å²) >= 11 is 1.81. The van der Waals surface area contributed by atoms with Crippen LogP contribution in [0.1, 0.15) is 27.7 Å². The van der Waals surface area contributed by atoms with Crippen molar-refractivity contribution >= 4 is 17.2 Å². The predicted octanol–water partition coefficient (Wildman–Crippen LogP) is 3.54. The molecule has 0 spiro atoms. The highest BCUT2D eigenvalue weighted by molar-refractivity contribution is 7.10. The first kappa shape index (κ1) is 16.8. The second-order valence-electron chi connectivity index (χ2n) is 7.34. The fraction of sp³-hybridized carbons (Fsp3) is 0.318. The number of hydrogen-bond acceptors (Lipinski definition) is 3. The van der Waals surface area contributed by atoms with Gasteiger partial charge in [0, 0.05) is 42.9 Å². The zero-order valence-electron chi connectivity index (χ0n) is 15.3. The van der Waals surface area contributed by atoms with Crippen LogP contribution in [0.25, 0.3) is 0 Å². The van der Waals surface area contributed by atoms with Gasteiger partial charge in [0.2, 0.25) is 5.91 Å². The van der Waals surface area contributed by atoms with Crippen LogP contribution >= 0.6 is 11.3 Å². The quantitative estimate of drug-likeness (QED) is 0.698. The minimum Gasteiger partial charge on any atom is -0.348 e. The molecule has 0 aliphatic carbocycles. The van der Waals surface area contributed by atoms with Crippen molar-refractivity contribution in [3.8, 4) is 0 Å². The van der Waals surface area contributed by atoms with Gasteiger partial charge in [0.15, 0.2) is 0 Å². The summed E-state index contributed by atoms with van der Waals surface area (Å²) in [5.41, 5.74) is 3.86. The maximum absolute atomic E-state index is 13.1. The molecule has 0 unspecified atom stereocenters. The van der Waals surface area contributed by atoms with Crippen LogP contribution in [0, 0.1) is 0 Å². The van der Waals surface area contributed by atoms with Crippen LogP contribution in [0.5, 0.6) is 0 Å². The molecule has 2 aliphatic rings. The van der Waals surface area contributed by atoms with Crippen LogP contribution in [0.2, 0.25) is 0 Å². The van der Waals surface area contributed by atoms with Crippen LogP contribution in [-0.4, -0.2) is 39.9 Å². The molecule has 0 saturated carbocycles.